The highest BCUT2D eigenvalue weighted by Crippen LogP contribution is 2.20. The molecule has 2 rings (SSSR count). The Kier molecular flexibility index (Phi) is 20.5. The second-order valence-electron chi connectivity index (χ2n) is 15.4. The number of amides is 6. The SMILES string of the molecule is CC(C)C(CN)NC(=O)[C@H](C(C)C)N(C(=O)CCCC[C@@H](Cc1ccccc1)NC(=O)[C@H](C)N(C(=O)OCc1ccccc1)C(=O)[C@H](C)N)C(=O)C(N)C(C)CO. The Hall–Kier alpha value is -4.70. The van der Waals surface area contributed by atoms with Gasteiger partial charge in [-0.15, -0.1) is 0 Å². The summed E-state index contributed by atoms with van der Waals surface area (Å²) in [6.07, 6.45) is 0.371. The number of hydrogen-bond acceptors (Lipinski definition) is 11. The number of nitrogens with one attached hydrogen (secondary N) is 2. The van der Waals surface area contributed by atoms with Crippen LogP contribution in [-0.2, 0) is 41.7 Å². The molecule has 0 aliphatic carbocycles. The molecular weight excluding hydrogens is 731 g/mol. The van der Waals surface area contributed by atoms with Crippen LogP contribution in [0.4, 0.5) is 4.79 Å². The first-order valence-electron chi connectivity index (χ1n) is 19.8. The van der Waals surface area contributed by atoms with E-state index in [1.807, 2.05) is 50.2 Å². The molecule has 3 unspecified atom stereocenters. The third-order valence-electron chi connectivity index (χ3n) is 9.92. The molecule has 15 nitrogen and oxygen atoms in total. The van der Waals surface area contributed by atoms with Crippen LogP contribution in [0.15, 0.2) is 60.7 Å². The minimum absolute atomic E-state index is 0.00293. The Labute approximate surface area is 337 Å². The predicted octanol–water partition coefficient (Wildman–Crippen LogP) is 2.61. The van der Waals surface area contributed by atoms with Gasteiger partial charge in [-0.05, 0) is 56.1 Å². The van der Waals surface area contributed by atoms with E-state index in [9.17, 15) is 33.9 Å². The van der Waals surface area contributed by atoms with Crippen molar-refractivity contribution in [1.82, 2.24) is 20.4 Å². The molecule has 316 valence electrons. The lowest BCUT2D eigenvalue weighted by atomic mass is 9.95. The van der Waals surface area contributed by atoms with Gasteiger partial charge in [0.05, 0.1) is 12.1 Å². The standard InChI is InChI=1S/C42H65N7O8/c1-26(2)34(23-43)47-39(53)37(27(3)4)49(41(55)36(45)28(5)24-50)35(51)21-15-14-20-33(22-31-16-10-8-11-17-31)46-38(52)30(7)48(40(54)29(6)44)42(56)57-25-32-18-12-9-13-19-32/h8-13,16-19,26-30,33-34,36-37,50H,14-15,20-25,43-45H2,1-7H3,(H,46,52)(H,47,53)/t28?,29-,30-,33-,34?,36?,37-/m0/s1. The molecule has 0 aromatic heterocycles. The second-order valence-corrected chi connectivity index (χ2v) is 15.4. The lowest BCUT2D eigenvalue weighted by molar-refractivity contribution is -0.155. The van der Waals surface area contributed by atoms with Crippen molar-refractivity contribution in [3.05, 3.63) is 71.8 Å². The lowest BCUT2D eigenvalue weighted by Crippen LogP contribution is -2.61. The summed E-state index contributed by atoms with van der Waals surface area (Å²) in [6, 6.07) is 12.7. The molecule has 2 aromatic rings. The number of ether oxygens (including phenoxy) is 1. The van der Waals surface area contributed by atoms with Crippen LogP contribution in [0.5, 0.6) is 0 Å². The van der Waals surface area contributed by atoms with E-state index in [0.29, 0.717) is 24.8 Å². The van der Waals surface area contributed by atoms with Crippen molar-refractivity contribution in [2.75, 3.05) is 13.2 Å². The minimum atomic E-state index is -1.27. The van der Waals surface area contributed by atoms with Crippen molar-refractivity contribution in [2.24, 2.45) is 35.0 Å². The van der Waals surface area contributed by atoms with Crippen molar-refractivity contribution < 1.29 is 38.6 Å². The molecule has 0 aliphatic rings. The summed E-state index contributed by atoms with van der Waals surface area (Å²) in [5, 5.41) is 15.6. The molecule has 0 aliphatic heterocycles. The van der Waals surface area contributed by atoms with E-state index < -0.39 is 84.3 Å². The van der Waals surface area contributed by atoms with E-state index in [1.54, 1.807) is 45.0 Å². The molecule has 6 amide bonds. The monoisotopic (exact) mass is 795 g/mol. The zero-order chi connectivity index (χ0) is 42.8. The first kappa shape index (κ1) is 48.4. The fraction of sp³-hybridized carbons (Fsp3) is 0.571. The molecule has 0 saturated heterocycles. The molecule has 7 atom stereocenters. The fourth-order valence-corrected chi connectivity index (χ4v) is 6.21. The number of unbranched alkanes of at least 4 members (excludes halogenated alkanes) is 1. The largest absolute Gasteiger partial charge is 0.444 e. The number of carbonyl (C=O) groups is 6. The van der Waals surface area contributed by atoms with Crippen molar-refractivity contribution >= 4 is 35.6 Å². The molecule has 0 saturated carbocycles. The van der Waals surface area contributed by atoms with Crippen LogP contribution in [0, 0.1) is 17.8 Å². The third kappa shape index (κ3) is 15.0. The number of carbonyl (C=O) groups excluding carboxylic acids is 6. The van der Waals surface area contributed by atoms with E-state index in [0.717, 1.165) is 15.4 Å². The third-order valence-corrected chi connectivity index (χ3v) is 9.92. The summed E-state index contributed by atoms with van der Waals surface area (Å²) >= 11 is 0. The molecule has 15 heteroatoms. The van der Waals surface area contributed by atoms with Gasteiger partial charge in [0.2, 0.25) is 29.5 Å². The van der Waals surface area contributed by atoms with Gasteiger partial charge in [-0.1, -0.05) is 102 Å². The average Bonchev–Trinajstić information content (AvgIpc) is 3.18. The van der Waals surface area contributed by atoms with Crippen LogP contribution in [-0.4, -0.2) is 99.9 Å². The lowest BCUT2D eigenvalue weighted by Gasteiger charge is -2.36. The van der Waals surface area contributed by atoms with Gasteiger partial charge in [0.25, 0.3) is 0 Å². The Morgan fingerprint density at radius 3 is 1.82 bits per heavy atom. The molecule has 57 heavy (non-hydrogen) atoms. The Bertz CT molecular complexity index is 1590. The number of nitrogens with two attached hydrogens (primary N) is 3. The molecule has 0 bridgehead atoms. The Morgan fingerprint density at radius 1 is 0.737 bits per heavy atom. The normalized spacial score (nSPS) is 15.0. The van der Waals surface area contributed by atoms with Crippen LogP contribution in [0.2, 0.25) is 0 Å². The number of hydrogen-bond donors (Lipinski definition) is 6. The fourth-order valence-electron chi connectivity index (χ4n) is 6.21. The number of rotatable bonds is 22. The molecule has 0 heterocycles. The quantitative estimate of drug-likeness (QED) is 0.0947. The van der Waals surface area contributed by atoms with Crippen LogP contribution >= 0.6 is 0 Å². The first-order chi connectivity index (χ1) is 26.9. The average molecular weight is 796 g/mol. The number of benzene rings is 2. The number of aliphatic hydroxyl groups excluding tert-OH is 1. The molecule has 0 radical (unpaired) electrons. The highest BCUT2D eigenvalue weighted by Gasteiger charge is 2.40. The van der Waals surface area contributed by atoms with Gasteiger partial charge in [0, 0.05) is 37.6 Å². The molecular formula is C42H65N7O8. The van der Waals surface area contributed by atoms with Gasteiger partial charge in [-0.25, -0.2) is 9.69 Å². The predicted molar refractivity (Wildman–Crippen MR) is 218 cm³/mol. The maximum atomic E-state index is 14.0. The number of nitrogens with zero attached hydrogens (tertiary/aromatic N) is 2. The van der Waals surface area contributed by atoms with Crippen molar-refractivity contribution in [1.29, 1.82) is 0 Å². The summed E-state index contributed by atoms with van der Waals surface area (Å²) in [4.78, 5) is 83.2. The van der Waals surface area contributed by atoms with Crippen LogP contribution in [0.3, 0.4) is 0 Å². The summed E-state index contributed by atoms with van der Waals surface area (Å²) in [5.74, 6) is -4.43. The highest BCUT2D eigenvalue weighted by molar-refractivity contribution is 6.02. The summed E-state index contributed by atoms with van der Waals surface area (Å²) in [6.45, 7) is 11.3. The first-order valence-corrected chi connectivity index (χ1v) is 19.8. The molecule has 0 spiro atoms. The topological polar surface area (TPSA) is 240 Å². The van der Waals surface area contributed by atoms with Crippen LogP contribution in [0.25, 0.3) is 0 Å². The molecule has 2 aromatic carbocycles. The summed E-state index contributed by atoms with van der Waals surface area (Å²) in [5.41, 5.74) is 19.6. The van der Waals surface area contributed by atoms with E-state index in [1.165, 1.54) is 13.8 Å². The highest BCUT2D eigenvalue weighted by atomic mass is 16.6. The Balaban J connectivity index is 2.28. The van der Waals surface area contributed by atoms with E-state index in [-0.39, 0.29) is 38.0 Å². The maximum absolute atomic E-state index is 14.0. The second kappa shape index (κ2) is 24.2. The Morgan fingerprint density at radius 2 is 1.32 bits per heavy atom. The molecule has 0 fully saturated rings. The summed E-state index contributed by atoms with van der Waals surface area (Å²) in [7, 11) is 0. The van der Waals surface area contributed by atoms with Crippen molar-refractivity contribution in [3.63, 3.8) is 0 Å². The van der Waals surface area contributed by atoms with Crippen LogP contribution in [0.1, 0.15) is 85.3 Å². The van der Waals surface area contributed by atoms with E-state index >= 15 is 0 Å². The van der Waals surface area contributed by atoms with Gasteiger partial charge in [0.1, 0.15) is 18.7 Å². The number of imide groups is 2. The van der Waals surface area contributed by atoms with Gasteiger partial charge < -0.3 is 37.7 Å². The van der Waals surface area contributed by atoms with Crippen LogP contribution < -0.4 is 27.8 Å². The minimum Gasteiger partial charge on any atom is -0.444 e. The van der Waals surface area contributed by atoms with Gasteiger partial charge in [-0.2, -0.15) is 0 Å². The van der Waals surface area contributed by atoms with Gasteiger partial charge in [0.15, 0.2) is 0 Å². The smallest absolute Gasteiger partial charge is 0.417 e. The van der Waals surface area contributed by atoms with E-state index in [2.05, 4.69) is 10.6 Å². The van der Waals surface area contributed by atoms with Gasteiger partial charge >= 0.3 is 6.09 Å². The maximum Gasteiger partial charge on any atom is 0.417 e. The number of aliphatic hydroxyl groups is 1. The van der Waals surface area contributed by atoms with Crippen molar-refractivity contribution in [2.45, 2.75) is 123 Å². The zero-order valence-corrected chi connectivity index (χ0v) is 34.6. The zero-order valence-electron chi connectivity index (χ0n) is 34.6. The molecule has 9 N–H and O–H groups in total. The van der Waals surface area contributed by atoms with E-state index in [4.69, 9.17) is 21.9 Å². The van der Waals surface area contributed by atoms with Gasteiger partial charge in [-0.3, -0.25) is 28.9 Å². The summed E-state index contributed by atoms with van der Waals surface area (Å²) < 4.78 is 5.41. The van der Waals surface area contributed by atoms with Crippen molar-refractivity contribution in [3.8, 4) is 0 Å².